The summed E-state index contributed by atoms with van der Waals surface area (Å²) in [7, 11) is -4.50. The van der Waals surface area contributed by atoms with Gasteiger partial charge in [-0.3, -0.25) is 4.55 Å². The predicted octanol–water partition coefficient (Wildman–Crippen LogP) is 4.61. The first kappa shape index (κ1) is 15.6. The maximum absolute atomic E-state index is 12.2. The molecular formula is C20H14O4S. The topological polar surface area (TPSA) is 74.6 Å². The molecule has 4 rings (SSSR count). The summed E-state index contributed by atoms with van der Waals surface area (Å²) in [5.74, 6) is -0.0427. The van der Waals surface area contributed by atoms with Crippen molar-refractivity contribution < 1.29 is 18.1 Å². The summed E-state index contributed by atoms with van der Waals surface area (Å²) in [6, 6.07) is 21.0. The molecule has 0 bridgehead atoms. The zero-order valence-electron chi connectivity index (χ0n) is 13.0. The standard InChI is InChI=1S/C20H14O4S/c21-18-12-10-13-5-1-3-7-15(13)19(18)17-11-9-14-6-2-4-8-16(14)20(17)25(22,23)24/h1-12,21H,(H,22,23,24). The summed E-state index contributed by atoms with van der Waals surface area (Å²) in [5.41, 5.74) is 0.659. The molecule has 0 radical (unpaired) electrons. The number of aromatic hydroxyl groups is 1. The molecule has 0 aliphatic carbocycles. The third-order valence-electron chi connectivity index (χ3n) is 4.31. The van der Waals surface area contributed by atoms with Gasteiger partial charge in [0, 0.05) is 16.5 Å². The van der Waals surface area contributed by atoms with Crippen molar-refractivity contribution in [2.45, 2.75) is 4.90 Å². The van der Waals surface area contributed by atoms with Crippen LogP contribution in [0.3, 0.4) is 0 Å². The Labute approximate surface area is 144 Å². The van der Waals surface area contributed by atoms with Crippen LogP contribution in [-0.4, -0.2) is 18.1 Å². The Bertz CT molecular complexity index is 1230. The summed E-state index contributed by atoms with van der Waals surface area (Å²) >= 11 is 0. The molecule has 0 saturated carbocycles. The number of hydrogen-bond acceptors (Lipinski definition) is 3. The fraction of sp³-hybridized carbons (Fsp3) is 0. The molecule has 0 atom stereocenters. The van der Waals surface area contributed by atoms with Gasteiger partial charge in [-0.2, -0.15) is 8.42 Å². The van der Waals surface area contributed by atoms with Crippen LogP contribution >= 0.6 is 0 Å². The minimum Gasteiger partial charge on any atom is -0.507 e. The lowest BCUT2D eigenvalue weighted by Gasteiger charge is -2.14. The number of phenols is 1. The van der Waals surface area contributed by atoms with Gasteiger partial charge in [-0.1, -0.05) is 66.7 Å². The maximum atomic E-state index is 12.2. The van der Waals surface area contributed by atoms with E-state index < -0.39 is 10.1 Å². The molecular weight excluding hydrogens is 336 g/mol. The van der Waals surface area contributed by atoms with Crippen molar-refractivity contribution in [1.82, 2.24) is 0 Å². The number of phenolic OH excluding ortho intramolecular Hbond substituents is 1. The van der Waals surface area contributed by atoms with Crippen molar-refractivity contribution in [1.29, 1.82) is 0 Å². The van der Waals surface area contributed by atoms with Gasteiger partial charge in [-0.25, -0.2) is 0 Å². The van der Waals surface area contributed by atoms with E-state index in [0.717, 1.165) is 5.39 Å². The molecule has 0 spiro atoms. The van der Waals surface area contributed by atoms with E-state index in [2.05, 4.69) is 0 Å². The van der Waals surface area contributed by atoms with Crippen LogP contribution in [0.5, 0.6) is 5.75 Å². The van der Waals surface area contributed by atoms with Crippen LogP contribution in [0.2, 0.25) is 0 Å². The minimum atomic E-state index is -4.50. The Balaban J connectivity index is 2.22. The highest BCUT2D eigenvalue weighted by Crippen LogP contribution is 2.41. The SMILES string of the molecule is O=S(=O)(O)c1c(-c2c(O)ccc3ccccc23)ccc2ccccc12. The molecule has 0 aliphatic rings. The van der Waals surface area contributed by atoms with Gasteiger partial charge in [-0.05, 0) is 22.2 Å². The van der Waals surface area contributed by atoms with E-state index in [1.807, 2.05) is 24.3 Å². The summed E-state index contributed by atoms with van der Waals surface area (Å²) in [5, 5.41) is 13.1. The molecule has 4 aromatic rings. The molecule has 4 nitrogen and oxygen atoms in total. The molecule has 0 heterocycles. The Hall–Kier alpha value is -2.89. The van der Waals surface area contributed by atoms with Gasteiger partial charge in [-0.15, -0.1) is 0 Å². The zero-order valence-corrected chi connectivity index (χ0v) is 13.9. The van der Waals surface area contributed by atoms with Gasteiger partial charge in [0.05, 0.1) is 0 Å². The minimum absolute atomic E-state index is 0.0427. The van der Waals surface area contributed by atoms with E-state index >= 15 is 0 Å². The van der Waals surface area contributed by atoms with Crippen molar-refractivity contribution >= 4 is 31.7 Å². The highest BCUT2D eigenvalue weighted by Gasteiger charge is 2.23. The first-order valence-corrected chi connectivity index (χ1v) is 9.11. The van der Waals surface area contributed by atoms with Crippen LogP contribution < -0.4 is 0 Å². The number of hydrogen-bond donors (Lipinski definition) is 2. The highest BCUT2D eigenvalue weighted by atomic mass is 32.2. The van der Waals surface area contributed by atoms with Crippen molar-refractivity contribution in [2.75, 3.05) is 0 Å². The van der Waals surface area contributed by atoms with E-state index in [-0.39, 0.29) is 16.2 Å². The number of benzene rings is 4. The van der Waals surface area contributed by atoms with E-state index in [4.69, 9.17) is 0 Å². The average molecular weight is 350 g/mol. The molecule has 4 aromatic carbocycles. The zero-order chi connectivity index (χ0) is 17.6. The van der Waals surface area contributed by atoms with Crippen molar-refractivity contribution in [3.05, 3.63) is 72.8 Å². The van der Waals surface area contributed by atoms with E-state index in [1.165, 1.54) is 6.07 Å². The molecule has 124 valence electrons. The lowest BCUT2D eigenvalue weighted by atomic mass is 9.95. The monoisotopic (exact) mass is 350 g/mol. The van der Waals surface area contributed by atoms with Gasteiger partial charge in [0.1, 0.15) is 10.6 Å². The first-order valence-electron chi connectivity index (χ1n) is 7.67. The second-order valence-corrected chi connectivity index (χ2v) is 7.18. The van der Waals surface area contributed by atoms with Crippen molar-refractivity contribution in [3.63, 3.8) is 0 Å². The van der Waals surface area contributed by atoms with Crippen LogP contribution in [0.25, 0.3) is 32.7 Å². The second-order valence-electron chi connectivity index (χ2n) is 5.82. The van der Waals surface area contributed by atoms with E-state index in [1.54, 1.807) is 42.5 Å². The quantitative estimate of drug-likeness (QED) is 0.518. The summed E-state index contributed by atoms with van der Waals surface area (Å²) in [6.07, 6.45) is 0. The van der Waals surface area contributed by atoms with Gasteiger partial charge < -0.3 is 5.11 Å². The second kappa shape index (κ2) is 5.58. The summed E-state index contributed by atoms with van der Waals surface area (Å²) in [4.78, 5) is -0.197. The third-order valence-corrected chi connectivity index (χ3v) is 5.27. The van der Waals surface area contributed by atoms with Gasteiger partial charge in [0.2, 0.25) is 0 Å². The third kappa shape index (κ3) is 2.54. The lowest BCUT2D eigenvalue weighted by Crippen LogP contribution is -2.02. The molecule has 5 heteroatoms. The van der Waals surface area contributed by atoms with Gasteiger partial charge >= 0.3 is 0 Å². The number of fused-ring (bicyclic) bond motifs is 2. The summed E-state index contributed by atoms with van der Waals surface area (Å²) in [6.45, 7) is 0. The maximum Gasteiger partial charge on any atom is 0.295 e. The molecule has 0 unspecified atom stereocenters. The van der Waals surface area contributed by atoms with Gasteiger partial charge in [0.15, 0.2) is 0 Å². The molecule has 0 amide bonds. The van der Waals surface area contributed by atoms with E-state index in [0.29, 0.717) is 21.7 Å². The number of rotatable bonds is 2. The van der Waals surface area contributed by atoms with Crippen LogP contribution in [0, 0.1) is 0 Å². The molecule has 0 aliphatic heterocycles. The molecule has 2 N–H and O–H groups in total. The fourth-order valence-corrected chi connectivity index (χ4v) is 4.17. The Morgan fingerprint density at radius 3 is 1.92 bits per heavy atom. The van der Waals surface area contributed by atoms with Crippen LogP contribution in [0.1, 0.15) is 0 Å². The largest absolute Gasteiger partial charge is 0.507 e. The average Bonchev–Trinajstić information content (AvgIpc) is 2.60. The smallest absolute Gasteiger partial charge is 0.295 e. The molecule has 0 aromatic heterocycles. The molecule has 0 fully saturated rings. The first-order chi connectivity index (χ1) is 12.0. The lowest BCUT2D eigenvalue weighted by molar-refractivity contribution is 0.477. The van der Waals surface area contributed by atoms with Crippen LogP contribution in [-0.2, 0) is 10.1 Å². The highest BCUT2D eigenvalue weighted by molar-refractivity contribution is 7.86. The van der Waals surface area contributed by atoms with Gasteiger partial charge in [0.25, 0.3) is 10.1 Å². The Kier molecular flexibility index (Phi) is 3.49. The Morgan fingerprint density at radius 2 is 1.24 bits per heavy atom. The predicted molar refractivity (Wildman–Crippen MR) is 98.4 cm³/mol. The van der Waals surface area contributed by atoms with Crippen molar-refractivity contribution in [3.8, 4) is 16.9 Å². The molecule has 25 heavy (non-hydrogen) atoms. The van der Waals surface area contributed by atoms with Crippen LogP contribution in [0.15, 0.2) is 77.7 Å². The van der Waals surface area contributed by atoms with Crippen molar-refractivity contribution in [2.24, 2.45) is 0 Å². The normalized spacial score (nSPS) is 11.9. The van der Waals surface area contributed by atoms with E-state index in [9.17, 15) is 18.1 Å². The Morgan fingerprint density at radius 1 is 0.680 bits per heavy atom. The van der Waals surface area contributed by atoms with Crippen LogP contribution in [0.4, 0.5) is 0 Å². The fourth-order valence-electron chi connectivity index (χ4n) is 3.26. The summed E-state index contributed by atoms with van der Waals surface area (Å²) < 4.78 is 34.2. The molecule has 0 saturated heterocycles.